The number of benzene rings is 1. The Hall–Kier alpha value is -2.58. The fourth-order valence-electron chi connectivity index (χ4n) is 4.60. The van der Waals surface area contributed by atoms with Gasteiger partial charge in [-0.25, -0.2) is 0 Å². The Morgan fingerprint density at radius 3 is 2.50 bits per heavy atom. The van der Waals surface area contributed by atoms with Gasteiger partial charge in [0.1, 0.15) is 6.61 Å². The van der Waals surface area contributed by atoms with Crippen LogP contribution < -0.4 is 10.6 Å². The number of unbranched alkanes of at least 4 members (excludes halogenated alkanes) is 2. The van der Waals surface area contributed by atoms with Gasteiger partial charge in [0.2, 0.25) is 11.8 Å². The van der Waals surface area contributed by atoms with Gasteiger partial charge in [-0.3, -0.25) is 14.4 Å². The Balaban J connectivity index is 1.95. The van der Waals surface area contributed by atoms with Crippen LogP contribution in [-0.4, -0.2) is 53.4 Å². The van der Waals surface area contributed by atoms with E-state index in [0.29, 0.717) is 18.6 Å². The summed E-state index contributed by atoms with van der Waals surface area (Å²) in [5.41, 5.74) is 0.593. The van der Waals surface area contributed by atoms with Crippen molar-refractivity contribution in [2.24, 2.45) is 5.92 Å². The zero-order valence-corrected chi connectivity index (χ0v) is 23.3. The number of thioether (sulfide) groups is 1. The Morgan fingerprint density at radius 1 is 1.11 bits per heavy atom. The fraction of sp³-hybridized carbons (Fsp3) is 0.567. The molecule has 1 aromatic rings. The van der Waals surface area contributed by atoms with Crippen molar-refractivity contribution in [1.29, 1.82) is 0 Å². The SMILES string of the molecule is C=CCCCCC(=O)OC[C@H](CSCc1ccccc1)NC(=O)[C@H](CC=C)CC(=O)NC1(CO)CCCC1. The van der Waals surface area contributed by atoms with Gasteiger partial charge in [-0.15, -0.1) is 13.2 Å². The molecule has 0 spiro atoms. The fourth-order valence-corrected chi connectivity index (χ4v) is 5.61. The molecule has 8 heteroatoms. The van der Waals surface area contributed by atoms with E-state index in [1.165, 1.54) is 5.56 Å². The van der Waals surface area contributed by atoms with Crippen LogP contribution in [0.1, 0.15) is 69.8 Å². The van der Waals surface area contributed by atoms with Crippen LogP contribution in [-0.2, 0) is 24.9 Å². The van der Waals surface area contributed by atoms with Crippen molar-refractivity contribution in [3.05, 3.63) is 61.2 Å². The van der Waals surface area contributed by atoms with Crippen LogP contribution in [0.25, 0.3) is 0 Å². The van der Waals surface area contributed by atoms with Crippen molar-refractivity contribution < 1.29 is 24.2 Å². The summed E-state index contributed by atoms with van der Waals surface area (Å²) in [6.07, 6.45) is 10.0. The van der Waals surface area contributed by atoms with Gasteiger partial charge in [-0.1, -0.05) is 55.3 Å². The maximum atomic E-state index is 13.2. The topological polar surface area (TPSA) is 105 Å². The summed E-state index contributed by atoms with van der Waals surface area (Å²) in [7, 11) is 0. The normalized spacial score (nSPS) is 15.7. The highest BCUT2D eigenvalue weighted by Crippen LogP contribution is 2.29. The minimum atomic E-state index is -0.596. The largest absolute Gasteiger partial charge is 0.463 e. The lowest BCUT2D eigenvalue weighted by molar-refractivity contribution is -0.145. The second-order valence-electron chi connectivity index (χ2n) is 10.0. The van der Waals surface area contributed by atoms with Crippen LogP contribution in [0, 0.1) is 5.92 Å². The Labute approximate surface area is 231 Å². The first-order valence-corrected chi connectivity index (χ1v) is 14.8. The lowest BCUT2D eigenvalue weighted by atomic mass is 9.95. The van der Waals surface area contributed by atoms with Crippen molar-refractivity contribution in [3.8, 4) is 0 Å². The van der Waals surface area contributed by atoms with Gasteiger partial charge >= 0.3 is 5.97 Å². The van der Waals surface area contributed by atoms with Crippen LogP contribution in [0.15, 0.2) is 55.6 Å². The number of allylic oxidation sites excluding steroid dienone is 2. The first-order chi connectivity index (χ1) is 18.4. The molecule has 0 aromatic heterocycles. The van der Waals surface area contributed by atoms with E-state index in [4.69, 9.17) is 4.74 Å². The van der Waals surface area contributed by atoms with E-state index in [2.05, 4.69) is 23.8 Å². The number of esters is 1. The first-order valence-electron chi connectivity index (χ1n) is 13.6. The van der Waals surface area contributed by atoms with Gasteiger partial charge in [0.15, 0.2) is 0 Å². The molecule has 0 aliphatic heterocycles. The summed E-state index contributed by atoms with van der Waals surface area (Å²) in [4.78, 5) is 38.3. The maximum absolute atomic E-state index is 13.2. The third-order valence-electron chi connectivity index (χ3n) is 6.78. The molecule has 7 nitrogen and oxygen atoms in total. The van der Waals surface area contributed by atoms with Gasteiger partial charge in [0.05, 0.1) is 24.1 Å². The van der Waals surface area contributed by atoms with Crippen LogP contribution in [0.4, 0.5) is 0 Å². The highest BCUT2D eigenvalue weighted by molar-refractivity contribution is 7.98. The predicted octanol–water partition coefficient (Wildman–Crippen LogP) is 4.70. The van der Waals surface area contributed by atoms with E-state index >= 15 is 0 Å². The van der Waals surface area contributed by atoms with Crippen LogP contribution in [0.3, 0.4) is 0 Å². The van der Waals surface area contributed by atoms with Gasteiger partial charge in [-0.2, -0.15) is 11.8 Å². The number of aliphatic hydroxyl groups is 1. The molecule has 38 heavy (non-hydrogen) atoms. The summed E-state index contributed by atoms with van der Waals surface area (Å²) in [5, 5.41) is 15.8. The molecule has 1 aromatic carbocycles. The number of carbonyl (C=O) groups excluding carboxylic acids is 3. The number of hydrogen-bond donors (Lipinski definition) is 3. The first kappa shape index (κ1) is 31.6. The molecule has 0 saturated heterocycles. The average molecular weight is 545 g/mol. The summed E-state index contributed by atoms with van der Waals surface area (Å²) in [6, 6.07) is 9.65. The second kappa shape index (κ2) is 17.8. The Bertz CT molecular complexity index is 886. The molecular weight excluding hydrogens is 500 g/mol. The zero-order chi connectivity index (χ0) is 27.6. The minimum absolute atomic E-state index is 0.00652. The molecule has 1 fully saturated rings. The van der Waals surface area contributed by atoms with Gasteiger partial charge < -0.3 is 20.5 Å². The van der Waals surface area contributed by atoms with Gasteiger partial charge in [0, 0.05) is 24.3 Å². The third-order valence-corrected chi connectivity index (χ3v) is 7.96. The molecule has 1 aliphatic rings. The van der Waals surface area contributed by atoms with E-state index in [9.17, 15) is 19.5 Å². The second-order valence-corrected chi connectivity index (χ2v) is 11.1. The number of carbonyl (C=O) groups is 3. The predicted molar refractivity (Wildman–Crippen MR) is 154 cm³/mol. The highest BCUT2D eigenvalue weighted by atomic mass is 32.2. The van der Waals surface area contributed by atoms with Crippen molar-refractivity contribution in [2.75, 3.05) is 19.0 Å². The Kier molecular flexibility index (Phi) is 14.9. The van der Waals surface area contributed by atoms with E-state index in [0.717, 1.165) is 50.7 Å². The molecule has 2 atom stereocenters. The van der Waals surface area contributed by atoms with Crippen molar-refractivity contribution >= 4 is 29.5 Å². The van der Waals surface area contributed by atoms with E-state index in [1.807, 2.05) is 36.4 Å². The van der Waals surface area contributed by atoms with Crippen LogP contribution in [0.5, 0.6) is 0 Å². The molecule has 2 amide bonds. The van der Waals surface area contributed by atoms with Crippen LogP contribution >= 0.6 is 11.8 Å². The maximum Gasteiger partial charge on any atom is 0.305 e. The van der Waals surface area contributed by atoms with Crippen LogP contribution in [0.2, 0.25) is 0 Å². The number of rotatable bonds is 19. The summed E-state index contributed by atoms with van der Waals surface area (Å²) in [5.74, 6) is -0.0639. The molecule has 0 bridgehead atoms. The molecule has 1 saturated carbocycles. The minimum Gasteiger partial charge on any atom is -0.463 e. The molecule has 3 N–H and O–H groups in total. The quantitative estimate of drug-likeness (QED) is 0.133. The average Bonchev–Trinajstić information content (AvgIpc) is 3.38. The molecule has 2 rings (SSSR count). The molecule has 0 heterocycles. The number of nitrogens with one attached hydrogen (secondary N) is 2. The van der Waals surface area contributed by atoms with Crippen molar-refractivity contribution in [3.63, 3.8) is 0 Å². The number of amides is 2. The molecule has 210 valence electrons. The lowest BCUT2D eigenvalue weighted by Crippen LogP contribution is -2.50. The highest BCUT2D eigenvalue weighted by Gasteiger charge is 2.35. The molecule has 0 radical (unpaired) electrons. The molecule has 0 unspecified atom stereocenters. The molecule has 1 aliphatic carbocycles. The summed E-state index contributed by atoms with van der Waals surface area (Å²) in [6.45, 7) is 7.42. The van der Waals surface area contributed by atoms with Crippen molar-refractivity contribution in [2.45, 2.75) is 81.5 Å². The standard InChI is InChI=1S/C30H44N2O5S/c1-3-5-6-10-16-28(35)37-20-26(22-38-21-24-14-8-7-9-15-24)31-29(36)25(13-4-2)19-27(34)32-30(23-33)17-11-12-18-30/h3-4,7-9,14-15,25-26,33H,1-2,5-6,10-13,16-23H2,(H,31,36)(H,32,34)/t25-,26-/m1/s1. The summed E-state index contributed by atoms with van der Waals surface area (Å²) >= 11 is 1.65. The summed E-state index contributed by atoms with van der Waals surface area (Å²) < 4.78 is 5.51. The lowest BCUT2D eigenvalue weighted by Gasteiger charge is -2.29. The number of ether oxygens (including phenoxy) is 1. The van der Waals surface area contributed by atoms with E-state index in [-0.39, 0.29) is 43.5 Å². The number of aliphatic hydroxyl groups excluding tert-OH is 1. The third kappa shape index (κ3) is 11.9. The van der Waals surface area contributed by atoms with E-state index in [1.54, 1.807) is 17.8 Å². The van der Waals surface area contributed by atoms with E-state index < -0.39 is 11.5 Å². The monoisotopic (exact) mass is 544 g/mol. The Morgan fingerprint density at radius 2 is 1.84 bits per heavy atom. The van der Waals surface area contributed by atoms with Gasteiger partial charge in [0.25, 0.3) is 0 Å². The zero-order valence-electron chi connectivity index (χ0n) is 22.5. The number of hydrogen-bond acceptors (Lipinski definition) is 6. The van der Waals surface area contributed by atoms with Crippen molar-refractivity contribution in [1.82, 2.24) is 10.6 Å². The smallest absolute Gasteiger partial charge is 0.305 e. The molecular formula is C30H44N2O5S. The van der Waals surface area contributed by atoms with Gasteiger partial charge in [-0.05, 0) is 44.1 Å².